The molecule has 4 heteroatoms. The van der Waals surface area contributed by atoms with Gasteiger partial charge >= 0.3 is 0 Å². The van der Waals surface area contributed by atoms with Crippen LogP contribution in [0.25, 0.3) is 0 Å². The minimum absolute atomic E-state index is 0.268. The van der Waals surface area contributed by atoms with Crippen molar-refractivity contribution in [2.45, 2.75) is 13.2 Å². The monoisotopic (exact) mass is 178 g/mol. The third-order valence-electron chi connectivity index (χ3n) is 1.25. The lowest BCUT2D eigenvalue weighted by Crippen LogP contribution is -2.24. The zero-order valence-corrected chi connectivity index (χ0v) is 8.04. The Kier molecular flexibility index (Phi) is 8.81. The van der Waals surface area contributed by atoms with Gasteiger partial charge < -0.3 is 18.9 Å². The van der Waals surface area contributed by atoms with Crippen LogP contribution in [-0.4, -0.2) is 46.9 Å². The molecule has 4 nitrogen and oxygen atoms in total. The second-order valence-corrected chi connectivity index (χ2v) is 2.20. The Balaban J connectivity index is 3.34. The van der Waals surface area contributed by atoms with Crippen molar-refractivity contribution >= 4 is 0 Å². The molecular weight excluding hydrogens is 160 g/mol. The fraction of sp³-hybridized carbons (Fsp3) is 1.00. The molecule has 0 aromatic rings. The number of hydrogen-bond donors (Lipinski definition) is 0. The van der Waals surface area contributed by atoms with Crippen molar-refractivity contribution in [3.8, 4) is 0 Å². The highest BCUT2D eigenvalue weighted by Gasteiger charge is 2.06. The summed E-state index contributed by atoms with van der Waals surface area (Å²) >= 11 is 0. The third-order valence-corrected chi connectivity index (χ3v) is 1.25. The lowest BCUT2D eigenvalue weighted by Gasteiger charge is -2.16. The van der Waals surface area contributed by atoms with E-state index in [0.29, 0.717) is 26.4 Å². The smallest absolute Gasteiger partial charge is 0.180 e. The Morgan fingerprint density at radius 1 is 1.00 bits per heavy atom. The maximum absolute atomic E-state index is 5.29. The van der Waals surface area contributed by atoms with E-state index in [2.05, 4.69) is 0 Å². The molecule has 0 heterocycles. The number of rotatable bonds is 8. The molecule has 0 fully saturated rings. The molecule has 0 radical (unpaired) electrons. The summed E-state index contributed by atoms with van der Waals surface area (Å²) in [7, 11) is 3.25. The molecule has 0 saturated heterocycles. The summed E-state index contributed by atoms with van der Waals surface area (Å²) in [4.78, 5) is 0. The first-order chi connectivity index (χ1) is 5.85. The van der Waals surface area contributed by atoms with Gasteiger partial charge in [-0.15, -0.1) is 0 Å². The molecule has 0 N–H and O–H groups in total. The van der Waals surface area contributed by atoms with Gasteiger partial charge in [0.05, 0.1) is 19.8 Å². The summed E-state index contributed by atoms with van der Waals surface area (Å²) in [5, 5.41) is 0. The molecule has 0 amide bonds. The Hall–Kier alpha value is -0.160. The van der Waals surface area contributed by atoms with E-state index < -0.39 is 0 Å². The standard InChI is InChI=1S/C8H18O4/c1-4-11-8(7-10-3)12-6-5-9-2/h8H,4-7H2,1-3H3. The van der Waals surface area contributed by atoms with Gasteiger partial charge in [-0.05, 0) is 6.92 Å². The van der Waals surface area contributed by atoms with Crippen LogP contribution >= 0.6 is 0 Å². The third kappa shape index (κ3) is 6.54. The SMILES string of the molecule is CCOC(COC)OCCOC. The second kappa shape index (κ2) is 8.93. The van der Waals surface area contributed by atoms with Crippen LogP contribution in [0.3, 0.4) is 0 Å². The van der Waals surface area contributed by atoms with Gasteiger partial charge in [0, 0.05) is 20.8 Å². The van der Waals surface area contributed by atoms with Gasteiger partial charge in [0.15, 0.2) is 6.29 Å². The summed E-state index contributed by atoms with van der Waals surface area (Å²) in [6.45, 7) is 4.11. The van der Waals surface area contributed by atoms with Gasteiger partial charge in [0.25, 0.3) is 0 Å². The molecule has 1 unspecified atom stereocenters. The Morgan fingerprint density at radius 2 is 1.75 bits per heavy atom. The predicted molar refractivity (Wildman–Crippen MR) is 45.1 cm³/mol. The van der Waals surface area contributed by atoms with Crippen LogP contribution < -0.4 is 0 Å². The van der Waals surface area contributed by atoms with Gasteiger partial charge in [-0.25, -0.2) is 0 Å². The minimum Gasteiger partial charge on any atom is -0.382 e. The van der Waals surface area contributed by atoms with Crippen molar-refractivity contribution in [1.82, 2.24) is 0 Å². The normalized spacial score (nSPS) is 13.2. The summed E-state index contributed by atoms with van der Waals surface area (Å²) in [5.74, 6) is 0. The van der Waals surface area contributed by atoms with Gasteiger partial charge in [-0.1, -0.05) is 0 Å². The van der Waals surface area contributed by atoms with Crippen LogP contribution in [0.4, 0.5) is 0 Å². The zero-order valence-electron chi connectivity index (χ0n) is 8.04. The van der Waals surface area contributed by atoms with Gasteiger partial charge in [-0.2, -0.15) is 0 Å². The molecule has 0 saturated carbocycles. The fourth-order valence-electron chi connectivity index (χ4n) is 0.729. The van der Waals surface area contributed by atoms with E-state index >= 15 is 0 Å². The van der Waals surface area contributed by atoms with E-state index in [9.17, 15) is 0 Å². The van der Waals surface area contributed by atoms with E-state index in [4.69, 9.17) is 18.9 Å². The van der Waals surface area contributed by atoms with Crippen molar-refractivity contribution < 1.29 is 18.9 Å². The molecule has 0 aliphatic carbocycles. The Morgan fingerprint density at radius 3 is 2.25 bits per heavy atom. The average Bonchev–Trinajstić information content (AvgIpc) is 2.06. The van der Waals surface area contributed by atoms with Crippen molar-refractivity contribution in [2.75, 3.05) is 40.6 Å². The van der Waals surface area contributed by atoms with Crippen LogP contribution in [0.5, 0.6) is 0 Å². The van der Waals surface area contributed by atoms with Crippen molar-refractivity contribution in [3.05, 3.63) is 0 Å². The lowest BCUT2D eigenvalue weighted by molar-refractivity contribution is -0.170. The first-order valence-electron chi connectivity index (χ1n) is 4.06. The van der Waals surface area contributed by atoms with E-state index in [-0.39, 0.29) is 6.29 Å². The molecule has 0 spiro atoms. The molecule has 1 atom stereocenters. The predicted octanol–water partition coefficient (Wildman–Crippen LogP) is 0.658. The maximum atomic E-state index is 5.29. The van der Waals surface area contributed by atoms with Crippen LogP contribution in [-0.2, 0) is 18.9 Å². The molecule has 0 aromatic heterocycles. The average molecular weight is 178 g/mol. The van der Waals surface area contributed by atoms with Crippen molar-refractivity contribution in [3.63, 3.8) is 0 Å². The Labute approximate surface area is 73.7 Å². The summed E-state index contributed by atoms with van der Waals surface area (Å²) < 4.78 is 20.2. The van der Waals surface area contributed by atoms with Gasteiger partial charge in [0.2, 0.25) is 0 Å². The number of hydrogen-bond acceptors (Lipinski definition) is 4. The second-order valence-electron chi connectivity index (χ2n) is 2.20. The van der Waals surface area contributed by atoms with E-state index in [0.717, 1.165) is 0 Å². The maximum Gasteiger partial charge on any atom is 0.180 e. The van der Waals surface area contributed by atoms with Gasteiger partial charge in [-0.3, -0.25) is 0 Å². The molecule has 0 rings (SSSR count). The quantitative estimate of drug-likeness (QED) is 0.404. The van der Waals surface area contributed by atoms with E-state index in [1.807, 2.05) is 6.92 Å². The minimum atomic E-state index is -0.268. The van der Waals surface area contributed by atoms with Crippen LogP contribution in [0.15, 0.2) is 0 Å². The summed E-state index contributed by atoms with van der Waals surface area (Å²) in [6, 6.07) is 0. The molecule has 0 aliphatic rings. The molecule has 74 valence electrons. The first-order valence-corrected chi connectivity index (χ1v) is 4.06. The molecular formula is C8H18O4. The Bertz CT molecular complexity index is 81.1. The first kappa shape index (κ1) is 11.8. The van der Waals surface area contributed by atoms with Crippen LogP contribution in [0.2, 0.25) is 0 Å². The van der Waals surface area contributed by atoms with Gasteiger partial charge in [0.1, 0.15) is 0 Å². The van der Waals surface area contributed by atoms with Crippen LogP contribution in [0, 0.1) is 0 Å². The fourth-order valence-corrected chi connectivity index (χ4v) is 0.729. The van der Waals surface area contributed by atoms with E-state index in [1.54, 1.807) is 14.2 Å². The van der Waals surface area contributed by atoms with Crippen molar-refractivity contribution in [1.29, 1.82) is 0 Å². The highest BCUT2D eigenvalue weighted by molar-refractivity contribution is 4.40. The highest BCUT2D eigenvalue weighted by atomic mass is 16.7. The summed E-state index contributed by atoms with van der Waals surface area (Å²) in [6.07, 6.45) is -0.268. The lowest BCUT2D eigenvalue weighted by atomic mass is 10.6. The zero-order chi connectivity index (χ0) is 9.23. The number of methoxy groups -OCH3 is 2. The van der Waals surface area contributed by atoms with Crippen LogP contribution in [0.1, 0.15) is 6.92 Å². The molecule has 0 bridgehead atoms. The van der Waals surface area contributed by atoms with E-state index in [1.165, 1.54) is 0 Å². The molecule has 0 aliphatic heterocycles. The summed E-state index contributed by atoms with van der Waals surface area (Å²) in [5.41, 5.74) is 0. The largest absolute Gasteiger partial charge is 0.382 e. The molecule has 0 aromatic carbocycles. The highest BCUT2D eigenvalue weighted by Crippen LogP contribution is 1.95. The topological polar surface area (TPSA) is 36.9 Å². The van der Waals surface area contributed by atoms with Crippen molar-refractivity contribution in [2.24, 2.45) is 0 Å². The molecule has 12 heavy (non-hydrogen) atoms. The number of ether oxygens (including phenoxy) is 4.